The van der Waals surface area contributed by atoms with Crippen LogP contribution in [0.15, 0.2) is 10.6 Å². The van der Waals surface area contributed by atoms with Crippen molar-refractivity contribution in [3.05, 3.63) is 10.6 Å². The molecule has 0 aromatic rings. The van der Waals surface area contributed by atoms with Gasteiger partial charge in [0.05, 0.1) is 17.9 Å². The van der Waals surface area contributed by atoms with Gasteiger partial charge in [0.2, 0.25) is 0 Å². The SMILES string of the molecule is N#C[C@H]1C[C@H]2C(=O)O[C@@H]1C=C2Br. The molecule has 1 aliphatic carbocycles. The molecule has 3 aliphatic rings. The fourth-order valence-electron chi connectivity index (χ4n) is 1.56. The van der Waals surface area contributed by atoms with Gasteiger partial charge in [0.25, 0.3) is 0 Å². The number of fused-ring (bicyclic) bond motifs is 2. The second-order valence-corrected chi connectivity index (χ2v) is 3.89. The van der Waals surface area contributed by atoms with Crippen LogP contribution in [0.25, 0.3) is 0 Å². The molecular weight excluding hydrogens is 222 g/mol. The number of hydrogen-bond acceptors (Lipinski definition) is 3. The normalized spacial score (nSPS) is 38.5. The highest BCUT2D eigenvalue weighted by molar-refractivity contribution is 9.11. The van der Waals surface area contributed by atoms with Gasteiger partial charge in [-0.2, -0.15) is 5.26 Å². The smallest absolute Gasteiger partial charge is 0.314 e. The number of hydrogen-bond donors (Lipinski definition) is 0. The maximum absolute atomic E-state index is 11.1. The van der Waals surface area contributed by atoms with E-state index in [1.54, 1.807) is 0 Å². The topological polar surface area (TPSA) is 50.1 Å². The molecule has 3 rings (SSSR count). The van der Waals surface area contributed by atoms with Crippen LogP contribution in [0.4, 0.5) is 0 Å². The molecule has 4 heteroatoms. The van der Waals surface area contributed by atoms with Crippen molar-refractivity contribution in [1.82, 2.24) is 0 Å². The fraction of sp³-hybridized carbons (Fsp3) is 0.500. The first-order valence-corrected chi connectivity index (χ1v) is 4.49. The maximum atomic E-state index is 11.1. The molecular formula is C8H6BrNO2. The van der Waals surface area contributed by atoms with E-state index in [1.807, 2.05) is 6.08 Å². The van der Waals surface area contributed by atoms with Gasteiger partial charge in [0.1, 0.15) is 6.10 Å². The lowest BCUT2D eigenvalue weighted by molar-refractivity contribution is -0.159. The molecule has 3 nitrogen and oxygen atoms in total. The number of esters is 1. The van der Waals surface area contributed by atoms with E-state index in [-0.39, 0.29) is 23.9 Å². The third-order valence-electron chi connectivity index (χ3n) is 2.25. The van der Waals surface area contributed by atoms with Crippen LogP contribution in [-0.2, 0) is 9.53 Å². The van der Waals surface area contributed by atoms with Gasteiger partial charge in [0, 0.05) is 4.48 Å². The predicted octanol–water partition coefficient (Wildman–Crippen LogP) is 1.35. The van der Waals surface area contributed by atoms with Crippen LogP contribution in [0.1, 0.15) is 6.42 Å². The molecule has 0 radical (unpaired) electrons. The second kappa shape index (κ2) is 2.60. The summed E-state index contributed by atoms with van der Waals surface area (Å²) in [7, 11) is 0. The highest BCUT2D eigenvalue weighted by Gasteiger charge is 2.42. The first kappa shape index (κ1) is 7.81. The van der Waals surface area contributed by atoms with E-state index in [0.29, 0.717) is 6.42 Å². The van der Waals surface area contributed by atoms with Crippen molar-refractivity contribution in [2.24, 2.45) is 11.8 Å². The van der Waals surface area contributed by atoms with E-state index in [4.69, 9.17) is 10.00 Å². The summed E-state index contributed by atoms with van der Waals surface area (Å²) in [6.45, 7) is 0. The fourth-order valence-corrected chi connectivity index (χ4v) is 2.19. The Hall–Kier alpha value is -0.820. The van der Waals surface area contributed by atoms with Crippen molar-refractivity contribution < 1.29 is 9.53 Å². The molecule has 1 saturated heterocycles. The van der Waals surface area contributed by atoms with Crippen LogP contribution in [0.5, 0.6) is 0 Å². The Morgan fingerprint density at radius 1 is 1.75 bits per heavy atom. The van der Waals surface area contributed by atoms with E-state index in [9.17, 15) is 4.79 Å². The quantitative estimate of drug-likeness (QED) is 0.588. The van der Waals surface area contributed by atoms with Crippen molar-refractivity contribution in [3.8, 4) is 6.07 Å². The summed E-state index contributed by atoms with van der Waals surface area (Å²) in [4.78, 5) is 11.1. The summed E-state index contributed by atoms with van der Waals surface area (Å²) in [6.07, 6.45) is 2.07. The molecule has 62 valence electrons. The maximum Gasteiger partial charge on any atom is 0.314 e. The van der Waals surface area contributed by atoms with Crippen LogP contribution >= 0.6 is 15.9 Å². The molecule has 0 spiro atoms. The van der Waals surface area contributed by atoms with Crippen LogP contribution in [-0.4, -0.2) is 12.1 Å². The lowest BCUT2D eigenvalue weighted by Crippen LogP contribution is -2.41. The van der Waals surface area contributed by atoms with E-state index in [0.717, 1.165) is 4.48 Å². The minimum absolute atomic E-state index is 0.158. The van der Waals surface area contributed by atoms with Gasteiger partial charge >= 0.3 is 5.97 Å². The minimum Gasteiger partial charge on any atom is -0.456 e. The Morgan fingerprint density at radius 3 is 3.00 bits per heavy atom. The molecule has 0 N–H and O–H groups in total. The summed E-state index contributed by atoms with van der Waals surface area (Å²) in [5.74, 6) is -0.602. The molecule has 0 unspecified atom stereocenters. The first-order chi connectivity index (χ1) is 5.72. The van der Waals surface area contributed by atoms with Crippen molar-refractivity contribution in [2.45, 2.75) is 12.5 Å². The lowest BCUT2D eigenvalue weighted by atomic mass is 9.83. The third-order valence-corrected chi connectivity index (χ3v) is 3.06. The first-order valence-electron chi connectivity index (χ1n) is 3.69. The molecule has 0 amide bonds. The van der Waals surface area contributed by atoms with Gasteiger partial charge in [-0.3, -0.25) is 4.79 Å². The number of nitriles is 1. The molecule has 0 aromatic carbocycles. The molecule has 0 aromatic heterocycles. The Morgan fingerprint density at radius 2 is 2.50 bits per heavy atom. The van der Waals surface area contributed by atoms with Crippen molar-refractivity contribution in [1.29, 1.82) is 5.26 Å². The van der Waals surface area contributed by atoms with Crippen molar-refractivity contribution in [2.75, 3.05) is 0 Å². The molecule has 1 fully saturated rings. The third kappa shape index (κ3) is 0.969. The Kier molecular flexibility index (Phi) is 1.69. The Balaban J connectivity index is 2.34. The average molecular weight is 228 g/mol. The number of carbonyl (C=O) groups excluding carboxylic acids is 1. The van der Waals surface area contributed by atoms with Crippen molar-refractivity contribution in [3.63, 3.8) is 0 Å². The van der Waals surface area contributed by atoms with E-state index < -0.39 is 0 Å². The lowest BCUT2D eigenvalue weighted by Gasteiger charge is -2.35. The summed E-state index contributed by atoms with van der Waals surface area (Å²) in [6, 6.07) is 2.13. The molecule has 2 heterocycles. The zero-order valence-corrected chi connectivity index (χ0v) is 7.74. The second-order valence-electron chi connectivity index (χ2n) is 2.98. The zero-order chi connectivity index (χ0) is 8.72. The summed E-state index contributed by atoms with van der Waals surface area (Å²) in [5.41, 5.74) is 0. The van der Waals surface area contributed by atoms with Crippen LogP contribution in [0.3, 0.4) is 0 Å². The highest BCUT2D eigenvalue weighted by Crippen LogP contribution is 2.39. The van der Waals surface area contributed by atoms with Crippen LogP contribution < -0.4 is 0 Å². The zero-order valence-electron chi connectivity index (χ0n) is 6.16. The molecule has 2 bridgehead atoms. The number of nitrogens with zero attached hydrogens (tertiary/aromatic N) is 1. The minimum atomic E-state index is -0.332. The largest absolute Gasteiger partial charge is 0.456 e. The van der Waals surface area contributed by atoms with Gasteiger partial charge in [-0.05, 0) is 12.5 Å². The van der Waals surface area contributed by atoms with Gasteiger partial charge < -0.3 is 4.74 Å². The van der Waals surface area contributed by atoms with Crippen LogP contribution in [0, 0.1) is 23.2 Å². The monoisotopic (exact) mass is 227 g/mol. The Labute approximate surface area is 78.1 Å². The van der Waals surface area contributed by atoms with Crippen molar-refractivity contribution >= 4 is 21.9 Å². The van der Waals surface area contributed by atoms with Crippen LogP contribution in [0.2, 0.25) is 0 Å². The number of rotatable bonds is 0. The van der Waals surface area contributed by atoms with Gasteiger partial charge in [-0.1, -0.05) is 15.9 Å². The predicted molar refractivity (Wildman–Crippen MR) is 44.1 cm³/mol. The average Bonchev–Trinajstić information content (AvgIpc) is 2.04. The van der Waals surface area contributed by atoms with E-state index >= 15 is 0 Å². The number of ether oxygens (including phenoxy) is 1. The summed E-state index contributed by atoms with van der Waals surface area (Å²) in [5, 5.41) is 8.70. The van der Waals surface area contributed by atoms with E-state index in [1.165, 1.54) is 0 Å². The summed E-state index contributed by atoms with van der Waals surface area (Å²) < 4.78 is 5.86. The number of carbonyl (C=O) groups is 1. The summed E-state index contributed by atoms with van der Waals surface area (Å²) >= 11 is 3.29. The molecule has 0 saturated carbocycles. The Bertz CT molecular complexity index is 305. The highest BCUT2D eigenvalue weighted by atomic mass is 79.9. The van der Waals surface area contributed by atoms with Gasteiger partial charge in [-0.25, -0.2) is 0 Å². The molecule has 12 heavy (non-hydrogen) atoms. The van der Waals surface area contributed by atoms with Gasteiger partial charge in [0.15, 0.2) is 0 Å². The molecule has 3 atom stereocenters. The standard InChI is InChI=1S/C8H6BrNO2/c9-6-2-7-4(3-10)1-5(6)8(11)12-7/h2,4-5,7H,1H2/t4-,5-,7-/m1/s1. The number of halogens is 1. The van der Waals surface area contributed by atoms with Gasteiger partial charge in [-0.15, -0.1) is 0 Å². The molecule has 2 aliphatic heterocycles. The van der Waals surface area contributed by atoms with E-state index in [2.05, 4.69) is 22.0 Å².